The van der Waals surface area contributed by atoms with Crippen molar-refractivity contribution in [2.24, 2.45) is 0 Å². The lowest BCUT2D eigenvalue weighted by atomic mass is 9.96. The summed E-state index contributed by atoms with van der Waals surface area (Å²) in [6.07, 6.45) is 0.897. The molecule has 1 fully saturated rings. The Morgan fingerprint density at radius 3 is 2.30 bits per heavy atom. The lowest BCUT2D eigenvalue weighted by Crippen LogP contribution is -2.66. The molecule has 30 heavy (non-hydrogen) atoms. The van der Waals surface area contributed by atoms with Gasteiger partial charge in [-0.15, -0.1) is 0 Å². The highest BCUT2D eigenvalue weighted by Gasteiger charge is 2.57. The number of β-lactam (4-membered cyclic amide) rings is 1. The van der Waals surface area contributed by atoms with Gasteiger partial charge in [0, 0.05) is 5.75 Å². The molecule has 0 radical (unpaired) electrons. The Morgan fingerprint density at radius 2 is 1.77 bits per heavy atom. The van der Waals surface area contributed by atoms with Crippen LogP contribution in [0.4, 0.5) is 10.5 Å². The molecule has 3 amide bonds. The van der Waals surface area contributed by atoms with E-state index in [1.54, 1.807) is 22.7 Å². The van der Waals surface area contributed by atoms with Gasteiger partial charge in [-0.2, -0.15) is 0 Å². The Balaban J connectivity index is 1.92. The SMILES string of the molecule is CCSN(C(=O)N1C(=O)[C@@H](O[Si](CC)(CC)CC)[C@H]1c1ccco1)c1ccccc1. The molecule has 1 aliphatic heterocycles. The minimum absolute atomic E-state index is 0.286. The summed E-state index contributed by atoms with van der Waals surface area (Å²) in [5.41, 5.74) is 0.740. The number of carbonyl (C=O) groups is 2. The number of carbonyl (C=O) groups excluding carboxylic acids is 2. The van der Waals surface area contributed by atoms with E-state index in [4.69, 9.17) is 8.84 Å². The number of para-hydroxylation sites is 1. The van der Waals surface area contributed by atoms with Crippen molar-refractivity contribution in [1.29, 1.82) is 0 Å². The van der Waals surface area contributed by atoms with Gasteiger partial charge >= 0.3 is 6.03 Å². The summed E-state index contributed by atoms with van der Waals surface area (Å²) in [5.74, 6) is 0.992. The number of benzene rings is 1. The van der Waals surface area contributed by atoms with Crippen LogP contribution >= 0.6 is 11.9 Å². The molecule has 1 aromatic heterocycles. The highest BCUT2D eigenvalue weighted by molar-refractivity contribution is 8.01. The third kappa shape index (κ3) is 4.22. The van der Waals surface area contributed by atoms with Gasteiger partial charge in [0.15, 0.2) is 14.4 Å². The van der Waals surface area contributed by atoms with E-state index in [1.165, 1.54) is 16.8 Å². The Kier molecular flexibility index (Phi) is 7.44. The summed E-state index contributed by atoms with van der Waals surface area (Å²) in [7, 11) is -2.04. The van der Waals surface area contributed by atoms with Crippen LogP contribution in [0.5, 0.6) is 0 Å². The fourth-order valence-electron chi connectivity index (χ4n) is 3.83. The van der Waals surface area contributed by atoms with E-state index < -0.39 is 20.5 Å². The third-order valence-corrected chi connectivity index (χ3v) is 11.3. The summed E-state index contributed by atoms with van der Waals surface area (Å²) in [4.78, 5) is 28.0. The second-order valence-corrected chi connectivity index (χ2v) is 13.2. The molecule has 0 spiro atoms. The normalized spacial score (nSPS) is 18.9. The summed E-state index contributed by atoms with van der Waals surface area (Å²) in [5, 5.41) is 0. The predicted molar refractivity (Wildman–Crippen MR) is 123 cm³/mol. The molecule has 1 saturated heterocycles. The number of likely N-dealkylation sites (tertiary alicyclic amines) is 1. The molecule has 2 aromatic rings. The number of urea groups is 1. The van der Waals surface area contributed by atoms with Crippen LogP contribution in [0.15, 0.2) is 53.1 Å². The zero-order chi connectivity index (χ0) is 21.7. The van der Waals surface area contributed by atoms with Crippen LogP contribution in [0.25, 0.3) is 0 Å². The van der Waals surface area contributed by atoms with Crippen molar-refractivity contribution >= 4 is 37.9 Å². The van der Waals surface area contributed by atoms with Crippen LogP contribution in [0.1, 0.15) is 39.5 Å². The van der Waals surface area contributed by atoms with Gasteiger partial charge in [0.05, 0.1) is 12.0 Å². The highest BCUT2D eigenvalue weighted by atomic mass is 32.2. The quantitative estimate of drug-likeness (QED) is 0.275. The Labute approximate surface area is 183 Å². The molecule has 1 aromatic carbocycles. The van der Waals surface area contributed by atoms with Crippen molar-refractivity contribution in [3.8, 4) is 0 Å². The maximum atomic E-state index is 13.5. The molecule has 2 atom stereocenters. The van der Waals surface area contributed by atoms with E-state index in [2.05, 4.69) is 20.8 Å². The van der Waals surface area contributed by atoms with E-state index in [0.717, 1.165) is 23.8 Å². The van der Waals surface area contributed by atoms with Crippen molar-refractivity contribution in [2.75, 3.05) is 10.1 Å². The van der Waals surface area contributed by atoms with Crippen LogP contribution in [0, 0.1) is 0 Å². The predicted octanol–water partition coefficient (Wildman–Crippen LogP) is 5.85. The van der Waals surface area contributed by atoms with Gasteiger partial charge in [-0.05, 0) is 54.3 Å². The number of hydrogen-bond donors (Lipinski definition) is 0. The minimum atomic E-state index is -2.04. The van der Waals surface area contributed by atoms with E-state index in [-0.39, 0.29) is 11.9 Å². The standard InChI is InChI=1S/C22H30N2O4SSi/c1-5-29-24(17-13-10-9-11-14-17)22(26)23-19(18-15-12-16-27-18)20(21(23)25)28-30(6-2,7-3)8-4/h9-16,19-20H,5-8H2,1-4H3/t19-,20+/m1/s1. The van der Waals surface area contributed by atoms with Crippen molar-refractivity contribution in [3.05, 3.63) is 54.5 Å². The van der Waals surface area contributed by atoms with Crippen LogP contribution in [0.2, 0.25) is 18.1 Å². The minimum Gasteiger partial charge on any atom is -0.467 e. The molecular weight excluding hydrogens is 416 g/mol. The van der Waals surface area contributed by atoms with E-state index >= 15 is 0 Å². The second kappa shape index (κ2) is 9.85. The lowest BCUT2D eigenvalue weighted by Gasteiger charge is -2.48. The number of furan rings is 1. The molecule has 2 heterocycles. The van der Waals surface area contributed by atoms with Gasteiger partial charge < -0.3 is 8.84 Å². The maximum Gasteiger partial charge on any atom is 0.342 e. The largest absolute Gasteiger partial charge is 0.467 e. The highest BCUT2D eigenvalue weighted by Crippen LogP contribution is 2.42. The number of hydrogen-bond acceptors (Lipinski definition) is 5. The zero-order valence-electron chi connectivity index (χ0n) is 18.0. The van der Waals surface area contributed by atoms with Crippen LogP contribution < -0.4 is 4.31 Å². The average molecular weight is 447 g/mol. The van der Waals surface area contributed by atoms with Gasteiger partial charge in [0.2, 0.25) is 0 Å². The molecule has 8 heteroatoms. The van der Waals surface area contributed by atoms with E-state index in [0.29, 0.717) is 11.5 Å². The molecule has 0 N–H and O–H groups in total. The Bertz CT molecular complexity index is 834. The number of amides is 3. The first-order valence-corrected chi connectivity index (χ1v) is 14.0. The van der Waals surface area contributed by atoms with Gasteiger partial charge in [-0.25, -0.2) is 14.0 Å². The Morgan fingerprint density at radius 1 is 1.10 bits per heavy atom. The summed E-state index contributed by atoms with van der Waals surface area (Å²) in [6, 6.07) is 14.9. The number of rotatable bonds is 9. The monoisotopic (exact) mass is 446 g/mol. The van der Waals surface area contributed by atoms with Crippen LogP contribution in [-0.4, -0.2) is 37.0 Å². The van der Waals surface area contributed by atoms with Crippen molar-refractivity contribution in [1.82, 2.24) is 4.90 Å². The van der Waals surface area contributed by atoms with Crippen molar-refractivity contribution < 1.29 is 18.4 Å². The molecule has 6 nitrogen and oxygen atoms in total. The zero-order valence-corrected chi connectivity index (χ0v) is 19.9. The number of nitrogens with zero attached hydrogens (tertiary/aromatic N) is 2. The smallest absolute Gasteiger partial charge is 0.342 e. The van der Waals surface area contributed by atoms with Gasteiger partial charge in [-0.3, -0.25) is 4.79 Å². The summed E-state index contributed by atoms with van der Waals surface area (Å²) in [6.45, 7) is 8.36. The topological polar surface area (TPSA) is 63.0 Å². The number of imide groups is 1. The molecule has 1 aliphatic rings. The van der Waals surface area contributed by atoms with Gasteiger partial charge in [-0.1, -0.05) is 45.9 Å². The fraction of sp³-hybridized carbons (Fsp3) is 0.455. The summed E-state index contributed by atoms with van der Waals surface area (Å²) >= 11 is 1.37. The fourth-order valence-corrected chi connectivity index (χ4v) is 7.32. The van der Waals surface area contributed by atoms with Crippen molar-refractivity contribution in [2.45, 2.75) is 58.0 Å². The molecular formula is C22H30N2O4SSi. The van der Waals surface area contributed by atoms with Crippen LogP contribution in [0.3, 0.4) is 0 Å². The Hall–Kier alpha value is -2.03. The molecule has 0 saturated carbocycles. The molecule has 0 aliphatic carbocycles. The molecule has 0 bridgehead atoms. The molecule has 3 rings (SSSR count). The summed E-state index contributed by atoms with van der Waals surface area (Å²) < 4.78 is 13.7. The first-order valence-electron chi connectivity index (χ1n) is 10.6. The molecule has 0 unspecified atom stereocenters. The number of anilines is 1. The second-order valence-electron chi connectivity index (χ2n) is 7.28. The van der Waals surface area contributed by atoms with Gasteiger partial charge in [0.25, 0.3) is 5.91 Å². The van der Waals surface area contributed by atoms with E-state index in [1.807, 2.05) is 37.3 Å². The molecule has 162 valence electrons. The maximum absolute atomic E-state index is 13.5. The van der Waals surface area contributed by atoms with Gasteiger partial charge in [0.1, 0.15) is 11.8 Å². The van der Waals surface area contributed by atoms with E-state index in [9.17, 15) is 9.59 Å². The first-order chi connectivity index (χ1) is 14.5. The van der Waals surface area contributed by atoms with Crippen LogP contribution in [-0.2, 0) is 9.22 Å². The first kappa shape index (κ1) is 22.6. The third-order valence-electron chi connectivity index (χ3n) is 5.82. The average Bonchev–Trinajstić information content (AvgIpc) is 3.31. The van der Waals surface area contributed by atoms with Crippen molar-refractivity contribution in [3.63, 3.8) is 0 Å². The lowest BCUT2D eigenvalue weighted by molar-refractivity contribution is -0.159.